The summed E-state index contributed by atoms with van der Waals surface area (Å²) in [5.74, 6) is 0.202. The summed E-state index contributed by atoms with van der Waals surface area (Å²) in [5, 5.41) is 2.94. The van der Waals surface area contributed by atoms with E-state index in [1.165, 1.54) is 4.90 Å². The Bertz CT molecular complexity index is 745. The van der Waals surface area contributed by atoms with Crippen molar-refractivity contribution in [3.05, 3.63) is 60.2 Å². The molecule has 124 valence electrons. The Morgan fingerprint density at radius 2 is 1.83 bits per heavy atom. The molecule has 0 aromatic heterocycles. The molecule has 1 aliphatic heterocycles. The number of nitrogens with zero attached hydrogens (tertiary/aromatic N) is 1. The second-order valence-electron chi connectivity index (χ2n) is 5.85. The number of amides is 2. The van der Waals surface area contributed by atoms with Crippen LogP contribution in [0.3, 0.4) is 0 Å². The second-order valence-corrected chi connectivity index (χ2v) is 5.85. The highest BCUT2D eigenvalue weighted by Gasteiger charge is 2.32. The zero-order valence-corrected chi connectivity index (χ0v) is 13.7. The van der Waals surface area contributed by atoms with Crippen molar-refractivity contribution in [2.24, 2.45) is 0 Å². The average molecular weight is 324 g/mol. The molecule has 5 heteroatoms. The SMILES string of the molecule is CC1Oc2ccccc2N(CC(=O)NC(C)c2ccccc2)C1=O. The first-order valence-corrected chi connectivity index (χ1v) is 7.97. The molecule has 0 saturated heterocycles. The van der Waals surface area contributed by atoms with E-state index in [2.05, 4.69) is 5.32 Å². The summed E-state index contributed by atoms with van der Waals surface area (Å²) in [6, 6.07) is 16.8. The molecule has 0 bridgehead atoms. The molecule has 2 aromatic rings. The van der Waals surface area contributed by atoms with Gasteiger partial charge in [-0.3, -0.25) is 14.5 Å². The second kappa shape index (κ2) is 6.74. The Labute approximate surface area is 141 Å². The first-order valence-electron chi connectivity index (χ1n) is 7.97. The third kappa shape index (κ3) is 3.25. The standard InChI is InChI=1S/C19H20N2O3/c1-13(15-8-4-3-5-9-15)20-18(22)12-21-16-10-6-7-11-17(16)24-14(2)19(21)23/h3-11,13-14H,12H2,1-2H3,(H,20,22). The molecule has 0 spiro atoms. The van der Waals surface area contributed by atoms with Crippen molar-refractivity contribution >= 4 is 17.5 Å². The number of para-hydroxylation sites is 2. The lowest BCUT2D eigenvalue weighted by molar-refractivity contribution is -0.128. The molecule has 2 atom stereocenters. The molecular formula is C19H20N2O3. The van der Waals surface area contributed by atoms with E-state index in [-0.39, 0.29) is 24.4 Å². The third-order valence-corrected chi connectivity index (χ3v) is 4.05. The summed E-state index contributed by atoms with van der Waals surface area (Å²) in [6.45, 7) is 3.58. The van der Waals surface area contributed by atoms with Crippen molar-refractivity contribution < 1.29 is 14.3 Å². The van der Waals surface area contributed by atoms with Gasteiger partial charge in [-0.25, -0.2) is 0 Å². The molecule has 0 saturated carbocycles. The fourth-order valence-electron chi connectivity index (χ4n) is 2.78. The Hall–Kier alpha value is -2.82. The van der Waals surface area contributed by atoms with Gasteiger partial charge in [-0.2, -0.15) is 0 Å². The maximum atomic E-state index is 12.4. The van der Waals surface area contributed by atoms with Gasteiger partial charge < -0.3 is 10.1 Å². The van der Waals surface area contributed by atoms with Crippen molar-refractivity contribution in [1.29, 1.82) is 0 Å². The quantitative estimate of drug-likeness (QED) is 0.941. The van der Waals surface area contributed by atoms with E-state index in [0.717, 1.165) is 5.56 Å². The number of nitrogens with one attached hydrogen (secondary N) is 1. The van der Waals surface area contributed by atoms with Gasteiger partial charge in [-0.05, 0) is 31.5 Å². The van der Waals surface area contributed by atoms with Crippen LogP contribution in [0.1, 0.15) is 25.5 Å². The van der Waals surface area contributed by atoms with E-state index in [4.69, 9.17) is 4.74 Å². The van der Waals surface area contributed by atoms with Gasteiger partial charge in [0.05, 0.1) is 11.7 Å². The first-order chi connectivity index (χ1) is 11.6. The Morgan fingerprint density at radius 3 is 2.58 bits per heavy atom. The summed E-state index contributed by atoms with van der Waals surface area (Å²) in [7, 11) is 0. The molecule has 2 amide bonds. The minimum atomic E-state index is -0.598. The van der Waals surface area contributed by atoms with Gasteiger partial charge in [0.1, 0.15) is 12.3 Å². The molecule has 0 aliphatic carbocycles. The number of hydrogen-bond donors (Lipinski definition) is 1. The lowest BCUT2D eigenvalue weighted by atomic mass is 10.1. The Morgan fingerprint density at radius 1 is 1.17 bits per heavy atom. The summed E-state index contributed by atoms with van der Waals surface area (Å²) in [4.78, 5) is 26.3. The highest BCUT2D eigenvalue weighted by Crippen LogP contribution is 2.33. The Balaban J connectivity index is 1.73. The maximum absolute atomic E-state index is 12.4. The number of rotatable bonds is 4. The summed E-state index contributed by atoms with van der Waals surface area (Å²) in [5.41, 5.74) is 1.65. The zero-order chi connectivity index (χ0) is 17.1. The summed E-state index contributed by atoms with van der Waals surface area (Å²) in [6.07, 6.45) is -0.598. The minimum Gasteiger partial charge on any atom is -0.479 e. The molecule has 1 aliphatic rings. The van der Waals surface area contributed by atoms with Gasteiger partial charge in [-0.15, -0.1) is 0 Å². The number of fused-ring (bicyclic) bond motifs is 1. The first kappa shape index (κ1) is 16.1. The van der Waals surface area contributed by atoms with E-state index >= 15 is 0 Å². The van der Waals surface area contributed by atoms with Crippen LogP contribution >= 0.6 is 0 Å². The van der Waals surface area contributed by atoms with Crippen LogP contribution in [-0.4, -0.2) is 24.5 Å². The van der Waals surface area contributed by atoms with Crippen molar-refractivity contribution in [2.75, 3.05) is 11.4 Å². The fraction of sp³-hybridized carbons (Fsp3) is 0.263. The minimum absolute atomic E-state index is 0.0271. The van der Waals surface area contributed by atoms with Crippen LogP contribution in [0.2, 0.25) is 0 Å². The predicted molar refractivity (Wildman–Crippen MR) is 91.9 cm³/mol. The molecule has 1 N–H and O–H groups in total. The van der Waals surface area contributed by atoms with E-state index in [1.54, 1.807) is 19.1 Å². The van der Waals surface area contributed by atoms with Crippen molar-refractivity contribution in [3.8, 4) is 5.75 Å². The van der Waals surface area contributed by atoms with Gasteiger partial charge in [0.2, 0.25) is 5.91 Å². The number of ether oxygens (including phenoxy) is 1. The van der Waals surface area contributed by atoms with Crippen molar-refractivity contribution in [1.82, 2.24) is 5.32 Å². The largest absolute Gasteiger partial charge is 0.479 e. The molecule has 0 radical (unpaired) electrons. The number of carbonyl (C=O) groups is 2. The van der Waals surface area contributed by atoms with Gasteiger partial charge >= 0.3 is 0 Å². The summed E-state index contributed by atoms with van der Waals surface area (Å²) < 4.78 is 5.58. The number of anilines is 1. The topological polar surface area (TPSA) is 58.6 Å². The molecule has 5 nitrogen and oxygen atoms in total. The maximum Gasteiger partial charge on any atom is 0.268 e. The number of hydrogen-bond acceptors (Lipinski definition) is 3. The highest BCUT2D eigenvalue weighted by molar-refractivity contribution is 6.03. The molecule has 1 heterocycles. The van der Waals surface area contributed by atoms with Crippen LogP contribution in [0.5, 0.6) is 5.75 Å². The monoisotopic (exact) mass is 324 g/mol. The van der Waals surface area contributed by atoms with Gasteiger partial charge in [0.25, 0.3) is 5.91 Å². The Kier molecular flexibility index (Phi) is 4.51. The van der Waals surface area contributed by atoms with Crippen LogP contribution in [0.25, 0.3) is 0 Å². The molecule has 3 rings (SSSR count). The van der Waals surface area contributed by atoms with Crippen LogP contribution in [0, 0.1) is 0 Å². The predicted octanol–water partition coefficient (Wildman–Crippen LogP) is 2.68. The van der Waals surface area contributed by atoms with E-state index in [1.807, 2.05) is 49.4 Å². The third-order valence-electron chi connectivity index (χ3n) is 4.05. The molecule has 2 aromatic carbocycles. The fourth-order valence-corrected chi connectivity index (χ4v) is 2.78. The molecule has 24 heavy (non-hydrogen) atoms. The van der Waals surface area contributed by atoms with Crippen LogP contribution in [0.4, 0.5) is 5.69 Å². The van der Waals surface area contributed by atoms with Crippen LogP contribution in [0.15, 0.2) is 54.6 Å². The number of carbonyl (C=O) groups excluding carboxylic acids is 2. The lowest BCUT2D eigenvalue weighted by Crippen LogP contribution is -2.49. The van der Waals surface area contributed by atoms with Gasteiger partial charge in [0, 0.05) is 0 Å². The van der Waals surface area contributed by atoms with Crippen molar-refractivity contribution in [2.45, 2.75) is 26.0 Å². The van der Waals surface area contributed by atoms with Crippen LogP contribution in [-0.2, 0) is 9.59 Å². The van der Waals surface area contributed by atoms with E-state index in [9.17, 15) is 9.59 Å². The number of benzene rings is 2. The van der Waals surface area contributed by atoms with E-state index in [0.29, 0.717) is 11.4 Å². The molecule has 0 fully saturated rings. The molecular weight excluding hydrogens is 304 g/mol. The van der Waals surface area contributed by atoms with Gasteiger partial charge in [0.15, 0.2) is 6.10 Å². The van der Waals surface area contributed by atoms with E-state index < -0.39 is 6.10 Å². The lowest BCUT2D eigenvalue weighted by Gasteiger charge is -2.32. The zero-order valence-electron chi connectivity index (χ0n) is 13.7. The molecule has 2 unspecified atom stereocenters. The van der Waals surface area contributed by atoms with Crippen molar-refractivity contribution in [3.63, 3.8) is 0 Å². The average Bonchev–Trinajstić information content (AvgIpc) is 2.59. The summed E-state index contributed by atoms with van der Waals surface area (Å²) >= 11 is 0. The highest BCUT2D eigenvalue weighted by atomic mass is 16.5. The van der Waals surface area contributed by atoms with Gasteiger partial charge in [-0.1, -0.05) is 42.5 Å². The normalized spacial score (nSPS) is 17.7. The van der Waals surface area contributed by atoms with Crippen LogP contribution < -0.4 is 15.0 Å². The smallest absolute Gasteiger partial charge is 0.268 e.